The van der Waals surface area contributed by atoms with Crippen LogP contribution in [0.25, 0.3) is 0 Å². The third kappa shape index (κ3) is 3.57. The molecule has 0 spiro atoms. The summed E-state index contributed by atoms with van der Waals surface area (Å²) >= 11 is 11.1. The minimum absolute atomic E-state index is 0.0129. The van der Waals surface area contributed by atoms with Gasteiger partial charge in [-0.2, -0.15) is 0 Å². The fourth-order valence-corrected chi connectivity index (χ4v) is 2.59. The summed E-state index contributed by atoms with van der Waals surface area (Å²) in [6.07, 6.45) is 2.03. The summed E-state index contributed by atoms with van der Waals surface area (Å²) in [6.45, 7) is 0. The van der Waals surface area contributed by atoms with E-state index in [2.05, 4.69) is 14.7 Å². The predicted octanol–water partition coefficient (Wildman–Crippen LogP) is 2.49. The summed E-state index contributed by atoms with van der Waals surface area (Å²) in [4.78, 5) is 16.9. The smallest absolute Gasteiger partial charge is 0.279 e. The third-order valence-corrected chi connectivity index (χ3v) is 4.15. The Morgan fingerprint density at radius 3 is 2.38 bits per heavy atom. The first-order valence-corrected chi connectivity index (χ1v) is 7.48. The maximum Gasteiger partial charge on any atom is 0.289 e. The van der Waals surface area contributed by atoms with Gasteiger partial charge in [-0.1, -0.05) is 11.6 Å². The van der Waals surface area contributed by atoms with E-state index >= 15 is 0 Å². The number of halogens is 2. The predicted molar refractivity (Wildman–Crippen MR) is 76.0 cm³/mol. The van der Waals surface area contributed by atoms with E-state index in [0.29, 0.717) is 0 Å². The average Bonchev–Trinajstić information content (AvgIpc) is 2.41. The van der Waals surface area contributed by atoms with Crippen molar-refractivity contribution in [2.75, 3.05) is 4.72 Å². The number of benzene rings is 1. The summed E-state index contributed by atoms with van der Waals surface area (Å²) in [6, 6.07) is 3.52. The van der Waals surface area contributed by atoms with Gasteiger partial charge in [0.2, 0.25) is 5.28 Å². The molecule has 11 heteroatoms. The summed E-state index contributed by atoms with van der Waals surface area (Å²) in [5.41, 5.74) is -0.426. The Morgan fingerprint density at radius 1 is 1.19 bits per heavy atom. The normalized spacial score (nSPS) is 11.1. The van der Waals surface area contributed by atoms with Gasteiger partial charge in [-0.25, -0.2) is 18.4 Å². The maximum absolute atomic E-state index is 12.0. The Balaban J connectivity index is 2.35. The molecule has 0 unspecified atom stereocenters. The number of rotatable bonds is 4. The number of nitro benzene ring substituents is 1. The van der Waals surface area contributed by atoms with Crippen LogP contribution in [0.2, 0.25) is 10.3 Å². The number of nitro groups is 1. The molecule has 2 aromatic rings. The quantitative estimate of drug-likeness (QED) is 0.515. The van der Waals surface area contributed by atoms with Gasteiger partial charge in [0.25, 0.3) is 15.7 Å². The molecule has 1 aromatic carbocycles. The number of anilines is 1. The molecule has 0 bridgehead atoms. The van der Waals surface area contributed by atoms with Crippen LogP contribution in [0.5, 0.6) is 0 Å². The zero-order valence-corrected chi connectivity index (χ0v) is 12.4. The molecular formula is C10H6Cl2N4O4S. The van der Waals surface area contributed by atoms with E-state index in [1.165, 1.54) is 12.1 Å². The van der Waals surface area contributed by atoms with E-state index in [1.807, 2.05) is 0 Å². The lowest BCUT2D eigenvalue weighted by atomic mass is 10.3. The second kappa shape index (κ2) is 5.80. The van der Waals surface area contributed by atoms with Crippen molar-refractivity contribution >= 4 is 44.6 Å². The molecule has 0 aliphatic heterocycles. The van der Waals surface area contributed by atoms with Crippen molar-refractivity contribution in [2.45, 2.75) is 4.90 Å². The monoisotopic (exact) mass is 348 g/mol. The molecule has 0 atom stereocenters. The van der Waals surface area contributed by atoms with Crippen molar-refractivity contribution in [3.8, 4) is 0 Å². The largest absolute Gasteiger partial charge is 0.289 e. The highest BCUT2D eigenvalue weighted by Crippen LogP contribution is 2.28. The van der Waals surface area contributed by atoms with Crippen molar-refractivity contribution in [2.24, 2.45) is 0 Å². The van der Waals surface area contributed by atoms with Crippen LogP contribution in [-0.4, -0.2) is 23.3 Å². The van der Waals surface area contributed by atoms with Crippen LogP contribution in [0.15, 0.2) is 35.5 Å². The Morgan fingerprint density at radius 2 is 1.81 bits per heavy atom. The summed E-state index contributed by atoms with van der Waals surface area (Å²) in [5.74, 6) is 0. The molecule has 0 aliphatic rings. The van der Waals surface area contributed by atoms with E-state index in [9.17, 15) is 18.5 Å². The number of nitrogens with zero attached hydrogens (tertiary/aromatic N) is 3. The van der Waals surface area contributed by atoms with E-state index in [-0.39, 0.29) is 20.9 Å². The molecule has 0 saturated heterocycles. The Bertz CT molecular complexity index is 795. The number of aromatic nitrogens is 2. The Labute approximate surface area is 128 Å². The van der Waals surface area contributed by atoms with Crippen molar-refractivity contribution in [1.82, 2.24) is 9.97 Å². The van der Waals surface area contributed by atoms with Gasteiger partial charge >= 0.3 is 0 Å². The number of hydrogen-bond donors (Lipinski definition) is 1. The van der Waals surface area contributed by atoms with Gasteiger partial charge in [0.1, 0.15) is 9.92 Å². The molecule has 1 heterocycles. The Hall–Kier alpha value is -1.97. The van der Waals surface area contributed by atoms with E-state index < -0.39 is 20.6 Å². The van der Waals surface area contributed by atoms with E-state index in [0.717, 1.165) is 18.5 Å². The van der Waals surface area contributed by atoms with E-state index in [1.54, 1.807) is 0 Å². The van der Waals surface area contributed by atoms with Crippen molar-refractivity contribution in [3.05, 3.63) is 51.0 Å². The minimum atomic E-state index is -3.98. The first-order valence-electron chi connectivity index (χ1n) is 5.24. The van der Waals surface area contributed by atoms with Gasteiger partial charge < -0.3 is 0 Å². The first kappa shape index (κ1) is 15.4. The van der Waals surface area contributed by atoms with Crippen LogP contribution in [0, 0.1) is 10.1 Å². The van der Waals surface area contributed by atoms with Crippen LogP contribution >= 0.6 is 23.2 Å². The average molecular weight is 349 g/mol. The lowest BCUT2D eigenvalue weighted by molar-refractivity contribution is -0.384. The molecule has 0 radical (unpaired) electrons. The highest BCUT2D eigenvalue weighted by atomic mass is 35.5. The zero-order valence-electron chi connectivity index (χ0n) is 10.0. The molecule has 0 saturated carbocycles. The van der Waals surface area contributed by atoms with Crippen LogP contribution in [0.4, 0.5) is 11.4 Å². The van der Waals surface area contributed by atoms with Crippen LogP contribution in [0.1, 0.15) is 0 Å². The van der Waals surface area contributed by atoms with Crippen LogP contribution in [0.3, 0.4) is 0 Å². The van der Waals surface area contributed by atoms with Crippen LogP contribution in [-0.2, 0) is 10.0 Å². The first-order chi connectivity index (χ1) is 9.79. The Kier molecular flexibility index (Phi) is 4.26. The van der Waals surface area contributed by atoms with Gasteiger partial charge in [0.15, 0.2) is 0 Å². The summed E-state index contributed by atoms with van der Waals surface area (Å²) in [7, 11) is -3.98. The summed E-state index contributed by atoms with van der Waals surface area (Å²) in [5, 5.41) is 10.6. The minimum Gasteiger partial charge on any atom is -0.279 e. The molecule has 21 heavy (non-hydrogen) atoms. The molecule has 2 rings (SSSR count). The fraction of sp³-hybridized carbons (Fsp3) is 0. The standard InChI is InChI=1S/C10H6Cl2N4O4S/c11-8-2-1-6(3-9(8)16(17)18)15-21(19,20)7-4-13-10(12)14-5-7/h1-5,15H. The molecular weight excluding hydrogens is 343 g/mol. The third-order valence-electron chi connectivity index (χ3n) is 2.30. The topological polar surface area (TPSA) is 115 Å². The molecule has 0 amide bonds. The van der Waals surface area contributed by atoms with Crippen molar-refractivity contribution in [1.29, 1.82) is 0 Å². The lowest BCUT2D eigenvalue weighted by Gasteiger charge is -2.07. The van der Waals surface area contributed by atoms with Gasteiger partial charge in [0, 0.05) is 6.07 Å². The van der Waals surface area contributed by atoms with Gasteiger partial charge in [0.05, 0.1) is 23.0 Å². The fourth-order valence-electron chi connectivity index (χ4n) is 1.37. The highest BCUT2D eigenvalue weighted by molar-refractivity contribution is 7.92. The molecule has 1 aromatic heterocycles. The second-order valence-corrected chi connectivity index (χ2v) is 6.14. The van der Waals surface area contributed by atoms with Gasteiger partial charge in [-0.05, 0) is 23.7 Å². The molecule has 0 fully saturated rings. The van der Waals surface area contributed by atoms with Crippen molar-refractivity contribution < 1.29 is 13.3 Å². The summed E-state index contributed by atoms with van der Waals surface area (Å²) < 4.78 is 26.2. The zero-order chi connectivity index (χ0) is 15.6. The number of hydrogen-bond acceptors (Lipinski definition) is 6. The molecule has 8 nitrogen and oxygen atoms in total. The van der Waals surface area contributed by atoms with Crippen LogP contribution < -0.4 is 4.72 Å². The second-order valence-electron chi connectivity index (χ2n) is 3.72. The highest BCUT2D eigenvalue weighted by Gasteiger charge is 2.18. The molecule has 0 aliphatic carbocycles. The van der Waals surface area contributed by atoms with E-state index in [4.69, 9.17) is 23.2 Å². The lowest BCUT2D eigenvalue weighted by Crippen LogP contribution is -2.13. The number of sulfonamides is 1. The number of nitrogens with one attached hydrogen (secondary N) is 1. The van der Waals surface area contributed by atoms with Gasteiger partial charge in [-0.3, -0.25) is 14.8 Å². The van der Waals surface area contributed by atoms with Crippen molar-refractivity contribution in [3.63, 3.8) is 0 Å². The molecule has 1 N–H and O–H groups in total. The maximum atomic E-state index is 12.0. The SMILES string of the molecule is O=[N+]([O-])c1cc(NS(=O)(=O)c2cnc(Cl)nc2)ccc1Cl. The van der Waals surface area contributed by atoms with Gasteiger partial charge in [-0.15, -0.1) is 0 Å². The molecule has 110 valence electrons.